The number of carbonyl (C=O) groups is 1. The van der Waals surface area contributed by atoms with E-state index >= 15 is 0 Å². The van der Waals surface area contributed by atoms with Gasteiger partial charge in [0.2, 0.25) is 10.0 Å². The summed E-state index contributed by atoms with van der Waals surface area (Å²) in [5.41, 5.74) is 1.62. The molecular formula is C21H19NO4S. The lowest BCUT2D eigenvalue weighted by Gasteiger charge is -2.08. The molecule has 3 aromatic carbocycles. The zero-order valence-corrected chi connectivity index (χ0v) is 15.4. The molecule has 5 nitrogen and oxygen atoms in total. The molecule has 0 aliphatic carbocycles. The Balaban J connectivity index is 1.54. The van der Waals surface area contributed by atoms with Gasteiger partial charge < -0.3 is 4.74 Å². The first kappa shape index (κ1) is 18.8. The van der Waals surface area contributed by atoms with E-state index in [1.807, 2.05) is 60.7 Å². The average molecular weight is 381 g/mol. The van der Waals surface area contributed by atoms with Gasteiger partial charge in [0.15, 0.2) is 0 Å². The molecule has 3 rings (SSSR count). The molecule has 1 N–H and O–H groups in total. The summed E-state index contributed by atoms with van der Waals surface area (Å²) in [4.78, 5) is 11.9. The Bertz CT molecular complexity index is 1050. The maximum Gasteiger partial charge on any atom is 0.321 e. The van der Waals surface area contributed by atoms with Crippen LogP contribution in [0.1, 0.15) is 11.1 Å². The van der Waals surface area contributed by atoms with Crippen LogP contribution < -0.4 is 4.72 Å². The van der Waals surface area contributed by atoms with Crippen molar-refractivity contribution in [3.8, 4) is 0 Å². The van der Waals surface area contributed by atoms with E-state index in [0.29, 0.717) is 0 Å². The van der Waals surface area contributed by atoms with Crippen LogP contribution in [0.5, 0.6) is 0 Å². The summed E-state index contributed by atoms with van der Waals surface area (Å²) in [5, 5.41) is 3.08. The molecule has 0 bridgehead atoms. The van der Waals surface area contributed by atoms with Gasteiger partial charge in [0.1, 0.15) is 13.2 Å². The molecule has 0 aromatic heterocycles. The monoisotopic (exact) mass is 381 g/mol. The Morgan fingerprint density at radius 3 is 2.44 bits per heavy atom. The number of nitrogens with one attached hydrogen (secondary N) is 1. The third kappa shape index (κ3) is 5.51. The van der Waals surface area contributed by atoms with E-state index in [1.165, 1.54) is 6.08 Å². The molecule has 0 amide bonds. The molecular weight excluding hydrogens is 362 g/mol. The van der Waals surface area contributed by atoms with Crippen molar-refractivity contribution in [1.29, 1.82) is 0 Å². The second-order valence-corrected chi connectivity index (χ2v) is 7.53. The fourth-order valence-corrected chi connectivity index (χ4v) is 3.32. The number of fused-ring (bicyclic) bond motifs is 1. The van der Waals surface area contributed by atoms with Crippen molar-refractivity contribution in [2.45, 2.75) is 6.61 Å². The first-order valence-corrected chi connectivity index (χ1v) is 9.93. The van der Waals surface area contributed by atoms with Gasteiger partial charge in [0.05, 0.1) is 0 Å². The molecule has 0 atom stereocenters. The lowest BCUT2D eigenvalue weighted by molar-refractivity contribution is -0.143. The van der Waals surface area contributed by atoms with Crippen molar-refractivity contribution in [1.82, 2.24) is 4.72 Å². The molecule has 3 aromatic rings. The molecule has 0 saturated heterocycles. The molecule has 0 heterocycles. The third-order valence-electron chi connectivity index (χ3n) is 3.93. The normalized spacial score (nSPS) is 11.7. The second kappa shape index (κ2) is 8.62. The van der Waals surface area contributed by atoms with Crippen molar-refractivity contribution in [3.05, 3.63) is 89.3 Å². The lowest BCUT2D eigenvalue weighted by Crippen LogP contribution is -2.29. The number of hydrogen-bond acceptors (Lipinski definition) is 4. The topological polar surface area (TPSA) is 72.5 Å². The fourth-order valence-electron chi connectivity index (χ4n) is 2.57. The Kier molecular flexibility index (Phi) is 6.01. The van der Waals surface area contributed by atoms with Crippen LogP contribution in [-0.4, -0.2) is 20.9 Å². The maximum absolute atomic E-state index is 12.0. The smallest absolute Gasteiger partial charge is 0.321 e. The molecule has 0 saturated carbocycles. The summed E-state index contributed by atoms with van der Waals surface area (Å²) < 4.78 is 31.3. The Morgan fingerprint density at radius 2 is 1.63 bits per heavy atom. The van der Waals surface area contributed by atoms with Crippen LogP contribution in [-0.2, 0) is 26.2 Å². The Labute approximate surface area is 158 Å². The first-order chi connectivity index (χ1) is 13.0. The minimum atomic E-state index is -3.72. The van der Waals surface area contributed by atoms with Crippen molar-refractivity contribution < 1.29 is 17.9 Å². The van der Waals surface area contributed by atoms with Gasteiger partial charge in [-0.1, -0.05) is 72.8 Å². The van der Waals surface area contributed by atoms with Gasteiger partial charge in [0, 0.05) is 5.41 Å². The minimum absolute atomic E-state index is 0.0851. The van der Waals surface area contributed by atoms with Crippen molar-refractivity contribution in [3.63, 3.8) is 0 Å². The Hall–Kier alpha value is -2.96. The molecule has 0 radical (unpaired) electrons. The third-order valence-corrected chi connectivity index (χ3v) is 4.97. The molecule has 0 aliphatic rings. The number of rotatable bonds is 7. The average Bonchev–Trinajstić information content (AvgIpc) is 2.70. The highest BCUT2D eigenvalue weighted by Gasteiger charge is 2.11. The van der Waals surface area contributed by atoms with Crippen molar-refractivity contribution >= 4 is 32.8 Å². The quantitative estimate of drug-likeness (QED) is 0.636. The van der Waals surface area contributed by atoms with Gasteiger partial charge in [-0.25, -0.2) is 13.1 Å². The van der Waals surface area contributed by atoms with Gasteiger partial charge in [0.25, 0.3) is 0 Å². The van der Waals surface area contributed by atoms with Gasteiger partial charge in [-0.15, -0.1) is 0 Å². The van der Waals surface area contributed by atoms with E-state index in [4.69, 9.17) is 4.74 Å². The van der Waals surface area contributed by atoms with Gasteiger partial charge >= 0.3 is 5.97 Å². The molecule has 0 unspecified atom stereocenters. The number of carbonyl (C=O) groups excluding carboxylic acids is 1. The highest BCUT2D eigenvalue weighted by Crippen LogP contribution is 2.19. The lowest BCUT2D eigenvalue weighted by atomic mass is 10.1. The van der Waals surface area contributed by atoms with Gasteiger partial charge in [-0.2, -0.15) is 0 Å². The zero-order valence-electron chi connectivity index (χ0n) is 14.5. The van der Waals surface area contributed by atoms with E-state index in [9.17, 15) is 13.2 Å². The summed E-state index contributed by atoms with van der Waals surface area (Å²) in [6.07, 6.45) is 1.46. The number of sulfonamides is 1. The number of ether oxygens (including phenoxy) is 1. The van der Waals surface area contributed by atoms with E-state index < -0.39 is 22.5 Å². The highest BCUT2D eigenvalue weighted by atomic mass is 32.2. The summed E-state index contributed by atoms with van der Waals surface area (Å²) in [6, 6.07) is 22.6. The van der Waals surface area contributed by atoms with Crippen LogP contribution in [0.25, 0.3) is 16.8 Å². The van der Waals surface area contributed by atoms with Gasteiger partial charge in [-0.3, -0.25) is 4.79 Å². The maximum atomic E-state index is 12.0. The zero-order chi connectivity index (χ0) is 19.1. The minimum Gasteiger partial charge on any atom is -0.460 e. The van der Waals surface area contributed by atoms with E-state index in [-0.39, 0.29) is 6.61 Å². The van der Waals surface area contributed by atoms with E-state index in [1.54, 1.807) is 12.1 Å². The van der Waals surface area contributed by atoms with Crippen molar-refractivity contribution in [2.24, 2.45) is 0 Å². The molecule has 0 fully saturated rings. The highest BCUT2D eigenvalue weighted by molar-refractivity contribution is 7.92. The predicted octanol–water partition coefficient (Wildman–Crippen LogP) is 3.47. The SMILES string of the molecule is O=C(CNS(=O)(=O)/C=C/c1ccccc1)OCc1cccc2ccccc12. The molecule has 0 aliphatic heterocycles. The van der Waals surface area contributed by atoms with Crippen LogP contribution in [0.4, 0.5) is 0 Å². The van der Waals surface area contributed by atoms with Crippen LogP contribution >= 0.6 is 0 Å². The van der Waals surface area contributed by atoms with E-state index in [2.05, 4.69) is 4.72 Å². The second-order valence-electron chi connectivity index (χ2n) is 5.88. The van der Waals surface area contributed by atoms with Crippen LogP contribution in [0, 0.1) is 0 Å². The largest absolute Gasteiger partial charge is 0.460 e. The summed E-state index contributed by atoms with van der Waals surface area (Å²) in [7, 11) is -3.72. The number of esters is 1. The summed E-state index contributed by atoms with van der Waals surface area (Å²) in [6.45, 7) is -0.339. The van der Waals surface area contributed by atoms with E-state index in [0.717, 1.165) is 27.3 Å². The van der Waals surface area contributed by atoms with Crippen LogP contribution in [0.3, 0.4) is 0 Å². The van der Waals surface area contributed by atoms with Gasteiger partial charge in [-0.05, 0) is 28.0 Å². The molecule has 6 heteroatoms. The summed E-state index contributed by atoms with van der Waals surface area (Å²) >= 11 is 0. The first-order valence-electron chi connectivity index (χ1n) is 8.38. The van der Waals surface area contributed by atoms with Crippen LogP contribution in [0.2, 0.25) is 0 Å². The summed E-state index contributed by atoms with van der Waals surface area (Å²) in [5.74, 6) is -0.639. The Morgan fingerprint density at radius 1 is 0.926 bits per heavy atom. The molecule has 27 heavy (non-hydrogen) atoms. The molecule has 0 spiro atoms. The molecule has 138 valence electrons. The predicted molar refractivity (Wildman–Crippen MR) is 106 cm³/mol. The van der Waals surface area contributed by atoms with Crippen LogP contribution in [0.15, 0.2) is 78.2 Å². The number of benzene rings is 3. The fraction of sp³-hybridized carbons (Fsp3) is 0.0952. The standard InChI is InChI=1S/C21H19NO4S/c23-21(15-22-27(24,25)14-13-17-7-2-1-3-8-17)26-16-19-11-6-10-18-9-4-5-12-20(18)19/h1-14,22H,15-16H2/b14-13+. The number of hydrogen-bond donors (Lipinski definition) is 1. The van der Waals surface area contributed by atoms with Crippen molar-refractivity contribution in [2.75, 3.05) is 6.54 Å².